The molecule has 0 unspecified atom stereocenters. The molecule has 4 nitrogen and oxygen atoms in total. The van der Waals surface area contributed by atoms with Crippen LogP contribution in [0.1, 0.15) is 45.0 Å². The van der Waals surface area contributed by atoms with Crippen LogP contribution in [0, 0.1) is 0 Å². The molecule has 1 saturated carbocycles. The van der Waals surface area contributed by atoms with Crippen LogP contribution in [0.4, 0.5) is 0 Å². The minimum absolute atomic E-state index is 0.168. The van der Waals surface area contributed by atoms with Crippen LogP contribution in [0.3, 0.4) is 0 Å². The maximum atomic E-state index is 12.4. The number of para-hydroxylation sites is 2. The smallest absolute Gasteiger partial charge is 0.236 e. The maximum absolute atomic E-state index is 12.4. The molecule has 0 aliphatic heterocycles. The zero-order chi connectivity index (χ0) is 16.4. The van der Waals surface area contributed by atoms with Crippen molar-refractivity contribution >= 4 is 28.7 Å². The van der Waals surface area contributed by atoms with E-state index in [-0.39, 0.29) is 10.7 Å². The predicted molar refractivity (Wildman–Crippen MR) is 96.9 cm³/mol. The lowest BCUT2D eigenvalue weighted by Crippen LogP contribution is -2.49. The average Bonchev–Trinajstić information content (AvgIpc) is 2.85. The van der Waals surface area contributed by atoms with E-state index in [1.807, 2.05) is 24.5 Å². The third-order valence-electron chi connectivity index (χ3n) is 4.79. The van der Waals surface area contributed by atoms with E-state index >= 15 is 0 Å². The molecule has 0 spiro atoms. The summed E-state index contributed by atoms with van der Waals surface area (Å²) in [4.78, 5) is 17.2. The number of rotatable bonds is 6. The molecule has 1 fully saturated rings. The van der Waals surface area contributed by atoms with Gasteiger partial charge in [0.05, 0.1) is 15.8 Å². The number of nitrogens with zero attached hydrogens (tertiary/aromatic N) is 2. The first-order valence-corrected chi connectivity index (χ1v) is 9.59. The van der Waals surface area contributed by atoms with Crippen LogP contribution in [0.5, 0.6) is 0 Å². The second-order valence-electron chi connectivity index (χ2n) is 6.54. The van der Waals surface area contributed by atoms with Crippen molar-refractivity contribution in [2.24, 2.45) is 0 Å². The first-order valence-electron chi connectivity index (χ1n) is 8.37. The molecule has 1 heterocycles. The van der Waals surface area contributed by atoms with Gasteiger partial charge in [0.15, 0.2) is 0 Å². The molecule has 1 aromatic carbocycles. The lowest BCUT2D eigenvalue weighted by molar-refractivity contribution is -0.125. The largest absolute Gasteiger partial charge is 0.354 e. The van der Waals surface area contributed by atoms with E-state index in [1.54, 1.807) is 11.8 Å². The van der Waals surface area contributed by atoms with Gasteiger partial charge in [-0.05, 0) is 51.5 Å². The first-order chi connectivity index (χ1) is 11.1. The Morgan fingerprint density at radius 2 is 2.13 bits per heavy atom. The van der Waals surface area contributed by atoms with E-state index in [0.29, 0.717) is 12.6 Å². The monoisotopic (exact) mass is 331 g/mol. The fourth-order valence-corrected chi connectivity index (χ4v) is 4.27. The summed E-state index contributed by atoms with van der Waals surface area (Å²) in [5, 5.41) is 3.12. The molecule has 5 heteroatoms. The number of thioether (sulfide) groups is 1. The molecule has 124 valence electrons. The summed E-state index contributed by atoms with van der Waals surface area (Å²) in [6, 6.07) is 8.59. The Morgan fingerprint density at radius 3 is 2.74 bits per heavy atom. The molecule has 1 N–H and O–H groups in total. The second-order valence-corrected chi connectivity index (χ2v) is 7.73. The SMILES string of the molecule is CSC1(C(=O)NCCc2nc3ccccc3n2C(C)C)CCC1. The van der Waals surface area contributed by atoms with Crippen LogP contribution < -0.4 is 5.32 Å². The van der Waals surface area contributed by atoms with Gasteiger partial charge in [-0.3, -0.25) is 4.79 Å². The summed E-state index contributed by atoms with van der Waals surface area (Å²) < 4.78 is 2.10. The zero-order valence-corrected chi connectivity index (χ0v) is 14.9. The van der Waals surface area contributed by atoms with Crippen LogP contribution in [-0.4, -0.2) is 33.0 Å². The van der Waals surface area contributed by atoms with Crippen LogP contribution in [-0.2, 0) is 11.2 Å². The summed E-state index contributed by atoms with van der Waals surface area (Å²) in [6.07, 6.45) is 5.98. The third kappa shape index (κ3) is 2.99. The number of amides is 1. The average molecular weight is 331 g/mol. The van der Waals surface area contributed by atoms with E-state index in [1.165, 1.54) is 5.52 Å². The highest BCUT2D eigenvalue weighted by molar-refractivity contribution is 8.00. The van der Waals surface area contributed by atoms with E-state index in [4.69, 9.17) is 4.98 Å². The molecule has 2 aromatic rings. The normalized spacial score (nSPS) is 16.5. The Bertz CT molecular complexity index is 698. The lowest BCUT2D eigenvalue weighted by atomic mass is 9.83. The standard InChI is InChI=1S/C18H25N3OS/c1-13(2)21-15-8-5-4-7-14(15)20-16(21)9-12-19-17(22)18(23-3)10-6-11-18/h4-5,7-8,13H,6,9-12H2,1-3H3,(H,19,22). The highest BCUT2D eigenvalue weighted by atomic mass is 32.2. The van der Waals surface area contributed by atoms with Crippen LogP contribution in [0.15, 0.2) is 24.3 Å². The Hall–Kier alpha value is -1.49. The third-order valence-corrected chi connectivity index (χ3v) is 6.16. The van der Waals surface area contributed by atoms with E-state index in [9.17, 15) is 4.79 Å². The number of carbonyl (C=O) groups is 1. The van der Waals surface area contributed by atoms with Gasteiger partial charge in [-0.15, -0.1) is 11.8 Å². The minimum Gasteiger partial charge on any atom is -0.354 e. The van der Waals surface area contributed by atoms with E-state index in [2.05, 4.69) is 29.8 Å². The second kappa shape index (κ2) is 6.56. The van der Waals surface area contributed by atoms with Crippen LogP contribution in [0.25, 0.3) is 11.0 Å². The molecule has 3 rings (SSSR count). The van der Waals surface area contributed by atoms with E-state index in [0.717, 1.165) is 37.0 Å². The minimum atomic E-state index is -0.168. The van der Waals surface area contributed by atoms with Gasteiger partial charge >= 0.3 is 0 Å². The van der Waals surface area contributed by atoms with Gasteiger partial charge in [0, 0.05) is 19.0 Å². The topological polar surface area (TPSA) is 46.9 Å². The molecule has 1 aliphatic carbocycles. The first kappa shape index (κ1) is 16.4. The molecule has 23 heavy (non-hydrogen) atoms. The van der Waals surface area contributed by atoms with Gasteiger partial charge in [-0.2, -0.15) is 0 Å². The molecule has 1 amide bonds. The van der Waals surface area contributed by atoms with Crippen molar-refractivity contribution in [1.82, 2.24) is 14.9 Å². The van der Waals surface area contributed by atoms with Crippen molar-refractivity contribution in [3.8, 4) is 0 Å². The van der Waals surface area contributed by atoms with Crippen LogP contribution >= 0.6 is 11.8 Å². The van der Waals surface area contributed by atoms with Crippen molar-refractivity contribution in [3.63, 3.8) is 0 Å². The number of aromatic nitrogens is 2. The molecule has 0 saturated heterocycles. The number of hydrogen-bond donors (Lipinski definition) is 1. The zero-order valence-electron chi connectivity index (χ0n) is 14.1. The molecule has 0 atom stereocenters. The van der Waals surface area contributed by atoms with Gasteiger partial charge in [0.2, 0.25) is 5.91 Å². The van der Waals surface area contributed by atoms with Gasteiger partial charge < -0.3 is 9.88 Å². The Balaban J connectivity index is 1.70. The number of nitrogens with one attached hydrogen (secondary N) is 1. The Morgan fingerprint density at radius 1 is 1.39 bits per heavy atom. The van der Waals surface area contributed by atoms with Crippen molar-refractivity contribution in [2.75, 3.05) is 12.8 Å². The van der Waals surface area contributed by atoms with E-state index < -0.39 is 0 Å². The number of fused-ring (bicyclic) bond motifs is 1. The van der Waals surface area contributed by atoms with Crippen LogP contribution in [0.2, 0.25) is 0 Å². The van der Waals surface area contributed by atoms with Crippen molar-refractivity contribution in [1.29, 1.82) is 0 Å². The quantitative estimate of drug-likeness (QED) is 0.880. The fraction of sp³-hybridized carbons (Fsp3) is 0.556. The molecular weight excluding hydrogens is 306 g/mol. The molecule has 0 bridgehead atoms. The summed E-state index contributed by atoms with van der Waals surface area (Å²) in [5.74, 6) is 1.25. The van der Waals surface area contributed by atoms with Gasteiger partial charge in [0.25, 0.3) is 0 Å². The van der Waals surface area contributed by atoms with Gasteiger partial charge in [-0.25, -0.2) is 4.98 Å². The summed E-state index contributed by atoms with van der Waals surface area (Å²) in [5.41, 5.74) is 2.20. The maximum Gasteiger partial charge on any atom is 0.236 e. The van der Waals surface area contributed by atoms with Gasteiger partial charge in [-0.1, -0.05) is 12.1 Å². The predicted octanol–water partition coefficient (Wildman–Crippen LogP) is 3.56. The molecular formula is C18H25N3OS. The highest BCUT2D eigenvalue weighted by Gasteiger charge is 2.43. The summed E-state index contributed by atoms with van der Waals surface area (Å²) >= 11 is 1.69. The Labute approximate surface area is 142 Å². The molecule has 1 aromatic heterocycles. The van der Waals surface area contributed by atoms with Crippen molar-refractivity contribution in [3.05, 3.63) is 30.1 Å². The van der Waals surface area contributed by atoms with Crippen molar-refractivity contribution < 1.29 is 4.79 Å². The Kier molecular flexibility index (Phi) is 4.67. The highest BCUT2D eigenvalue weighted by Crippen LogP contribution is 2.42. The summed E-state index contributed by atoms with van der Waals surface area (Å²) in [7, 11) is 0. The fourth-order valence-electron chi connectivity index (χ4n) is 3.32. The molecule has 1 aliphatic rings. The number of benzene rings is 1. The molecule has 0 radical (unpaired) electrons. The van der Waals surface area contributed by atoms with Crippen molar-refractivity contribution in [2.45, 2.75) is 50.3 Å². The number of imidazole rings is 1. The number of carbonyl (C=O) groups excluding carboxylic acids is 1. The lowest BCUT2D eigenvalue weighted by Gasteiger charge is -2.38. The summed E-state index contributed by atoms with van der Waals surface area (Å²) in [6.45, 7) is 5.00. The van der Waals surface area contributed by atoms with Gasteiger partial charge in [0.1, 0.15) is 5.82 Å². The number of hydrogen-bond acceptors (Lipinski definition) is 3.